The van der Waals surface area contributed by atoms with Crippen LogP contribution in [0.25, 0.3) is 0 Å². The van der Waals surface area contributed by atoms with Crippen molar-refractivity contribution in [1.82, 2.24) is 9.88 Å². The van der Waals surface area contributed by atoms with Crippen molar-refractivity contribution in [3.05, 3.63) is 46.4 Å². The Morgan fingerprint density at radius 3 is 2.88 bits per heavy atom. The molecule has 0 fully saturated rings. The first-order valence-electron chi connectivity index (χ1n) is 6.15. The van der Waals surface area contributed by atoms with Gasteiger partial charge in [0.2, 0.25) is 0 Å². The van der Waals surface area contributed by atoms with Gasteiger partial charge in [0.15, 0.2) is 0 Å². The van der Waals surface area contributed by atoms with Crippen LogP contribution in [0.4, 0.5) is 0 Å². The zero-order chi connectivity index (χ0) is 12.1. The van der Waals surface area contributed by atoms with E-state index in [-0.39, 0.29) is 0 Å². The van der Waals surface area contributed by atoms with Gasteiger partial charge in [-0.3, -0.25) is 0 Å². The molecule has 0 aromatic carbocycles. The van der Waals surface area contributed by atoms with Crippen molar-refractivity contribution in [1.29, 1.82) is 0 Å². The molecule has 0 amide bonds. The van der Waals surface area contributed by atoms with Gasteiger partial charge in [-0.1, -0.05) is 19.9 Å². The number of hydrogen-bond acceptors (Lipinski definition) is 2. The van der Waals surface area contributed by atoms with Gasteiger partial charge >= 0.3 is 0 Å². The first-order chi connectivity index (χ1) is 8.25. The number of aryl methyl sites for hydroxylation is 2. The first-order valence-corrected chi connectivity index (χ1v) is 7.03. The van der Waals surface area contributed by atoms with Crippen molar-refractivity contribution in [2.45, 2.75) is 39.4 Å². The largest absolute Gasteiger partial charge is 0.350 e. The van der Waals surface area contributed by atoms with Crippen molar-refractivity contribution in [3.63, 3.8) is 0 Å². The normalized spacial score (nSPS) is 11.2. The number of nitrogens with zero attached hydrogens (tertiary/aromatic N) is 1. The van der Waals surface area contributed by atoms with E-state index in [1.54, 1.807) is 0 Å². The highest BCUT2D eigenvalue weighted by atomic mass is 32.1. The summed E-state index contributed by atoms with van der Waals surface area (Å²) in [6.07, 6.45) is 3.30. The fraction of sp³-hybridized carbons (Fsp3) is 0.429. The van der Waals surface area contributed by atoms with Crippen LogP contribution in [0.5, 0.6) is 0 Å². The van der Waals surface area contributed by atoms with Gasteiger partial charge in [-0.2, -0.15) is 0 Å². The lowest BCUT2D eigenvalue weighted by Crippen LogP contribution is -2.23. The molecular formula is C14H20N2S. The van der Waals surface area contributed by atoms with Crippen LogP contribution in [-0.4, -0.2) is 10.6 Å². The Balaban J connectivity index is 1.90. The van der Waals surface area contributed by atoms with Gasteiger partial charge in [0.05, 0.1) is 0 Å². The molecule has 3 heteroatoms. The standard InChI is InChI=1S/C14H20N2S/c1-12(2)15-11-13-5-3-8-16(13)9-7-14-6-4-10-17-14/h3-6,8,10,12,15H,7,9,11H2,1-2H3. The summed E-state index contributed by atoms with van der Waals surface area (Å²) in [5.41, 5.74) is 1.37. The molecule has 0 aliphatic rings. The Bertz CT molecular complexity index is 429. The minimum absolute atomic E-state index is 0.538. The zero-order valence-corrected chi connectivity index (χ0v) is 11.3. The highest BCUT2D eigenvalue weighted by Crippen LogP contribution is 2.11. The molecule has 2 aromatic rings. The number of thiophene rings is 1. The maximum Gasteiger partial charge on any atom is 0.0361 e. The maximum atomic E-state index is 3.46. The lowest BCUT2D eigenvalue weighted by atomic mass is 10.3. The van der Waals surface area contributed by atoms with E-state index in [2.05, 4.69) is 59.6 Å². The van der Waals surface area contributed by atoms with Gasteiger partial charge in [0, 0.05) is 35.9 Å². The molecule has 2 heterocycles. The quantitative estimate of drug-likeness (QED) is 0.830. The molecule has 2 rings (SSSR count). The molecule has 0 unspecified atom stereocenters. The van der Waals surface area contributed by atoms with E-state index >= 15 is 0 Å². The summed E-state index contributed by atoms with van der Waals surface area (Å²) in [5.74, 6) is 0. The molecule has 0 aliphatic carbocycles. The molecule has 0 saturated carbocycles. The highest BCUT2D eigenvalue weighted by Gasteiger charge is 2.02. The minimum Gasteiger partial charge on any atom is -0.350 e. The Kier molecular flexibility index (Phi) is 4.40. The molecule has 0 aliphatic heterocycles. The van der Waals surface area contributed by atoms with Gasteiger partial charge in [-0.15, -0.1) is 11.3 Å². The van der Waals surface area contributed by atoms with Crippen molar-refractivity contribution in [3.8, 4) is 0 Å². The van der Waals surface area contributed by atoms with Crippen LogP contribution in [-0.2, 0) is 19.5 Å². The first kappa shape index (κ1) is 12.4. The van der Waals surface area contributed by atoms with Crippen LogP contribution in [0.15, 0.2) is 35.8 Å². The fourth-order valence-corrected chi connectivity index (χ4v) is 2.52. The fourth-order valence-electron chi connectivity index (χ4n) is 1.82. The molecular weight excluding hydrogens is 228 g/mol. The van der Waals surface area contributed by atoms with Gasteiger partial charge in [0.1, 0.15) is 0 Å². The molecule has 2 nitrogen and oxygen atoms in total. The molecule has 0 atom stereocenters. The molecule has 1 N–H and O–H groups in total. The second-order valence-electron chi connectivity index (χ2n) is 4.56. The Hall–Kier alpha value is -1.06. The summed E-state index contributed by atoms with van der Waals surface area (Å²) < 4.78 is 2.34. The van der Waals surface area contributed by atoms with E-state index in [1.165, 1.54) is 10.6 Å². The van der Waals surface area contributed by atoms with Crippen LogP contribution in [0.1, 0.15) is 24.4 Å². The van der Waals surface area contributed by atoms with Crippen molar-refractivity contribution in [2.75, 3.05) is 0 Å². The molecule has 2 aromatic heterocycles. The lowest BCUT2D eigenvalue weighted by molar-refractivity contribution is 0.555. The zero-order valence-electron chi connectivity index (χ0n) is 10.5. The smallest absolute Gasteiger partial charge is 0.0361 e. The second-order valence-corrected chi connectivity index (χ2v) is 5.59. The van der Waals surface area contributed by atoms with Crippen molar-refractivity contribution < 1.29 is 0 Å². The van der Waals surface area contributed by atoms with Crippen LogP contribution in [0.3, 0.4) is 0 Å². The topological polar surface area (TPSA) is 17.0 Å². The molecule has 0 spiro atoms. The predicted octanol–water partition coefficient (Wildman–Crippen LogP) is 3.29. The Morgan fingerprint density at radius 1 is 1.29 bits per heavy atom. The van der Waals surface area contributed by atoms with Crippen molar-refractivity contribution in [2.24, 2.45) is 0 Å². The Morgan fingerprint density at radius 2 is 2.18 bits per heavy atom. The molecule has 0 saturated heterocycles. The number of rotatable bonds is 6. The van der Waals surface area contributed by atoms with E-state index in [1.807, 2.05) is 11.3 Å². The molecule has 0 radical (unpaired) electrons. The number of nitrogens with one attached hydrogen (secondary N) is 1. The molecule has 92 valence electrons. The summed E-state index contributed by atoms with van der Waals surface area (Å²) >= 11 is 1.84. The SMILES string of the molecule is CC(C)NCc1cccn1CCc1cccs1. The summed E-state index contributed by atoms with van der Waals surface area (Å²) in [6, 6.07) is 9.20. The lowest BCUT2D eigenvalue weighted by Gasteiger charge is -2.11. The Labute approximate surface area is 107 Å². The number of aromatic nitrogens is 1. The van der Waals surface area contributed by atoms with Crippen LogP contribution in [0, 0.1) is 0 Å². The monoisotopic (exact) mass is 248 g/mol. The van der Waals surface area contributed by atoms with Crippen LogP contribution >= 0.6 is 11.3 Å². The summed E-state index contributed by atoms with van der Waals surface area (Å²) in [4.78, 5) is 1.46. The second kappa shape index (κ2) is 6.03. The van der Waals surface area contributed by atoms with E-state index in [0.717, 1.165) is 19.5 Å². The van der Waals surface area contributed by atoms with Gasteiger partial charge < -0.3 is 9.88 Å². The average molecular weight is 248 g/mol. The van der Waals surface area contributed by atoms with E-state index in [4.69, 9.17) is 0 Å². The maximum absolute atomic E-state index is 3.46. The van der Waals surface area contributed by atoms with Gasteiger partial charge in [-0.25, -0.2) is 0 Å². The van der Waals surface area contributed by atoms with E-state index < -0.39 is 0 Å². The third-order valence-electron chi connectivity index (χ3n) is 2.79. The van der Waals surface area contributed by atoms with Gasteiger partial charge in [-0.05, 0) is 30.0 Å². The summed E-state index contributed by atoms with van der Waals surface area (Å²) in [5, 5.41) is 5.61. The van der Waals surface area contributed by atoms with Gasteiger partial charge in [0.25, 0.3) is 0 Å². The molecule has 0 bridgehead atoms. The summed E-state index contributed by atoms with van der Waals surface area (Å²) in [6.45, 7) is 6.38. The van der Waals surface area contributed by atoms with Crippen LogP contribution < -0.4 is 5.32 Å². The number of hydrogen-bond donors (Lipinski definition) is 1. The van der Waals surface area contributed by atoms with E-state index in [9.17, 15) is 0 Å². The van der Waals surface area contributed by atoms with Crippen molar-refractivity contribution >= 4 is 11.3 Å². The summed E-state index contributed by atoms with van der Waals surface area (Å²) in [7, 11) is 0. The minimum atomic E-state index is 0.538. The third kappa shape index (κ3) is 3.72. The van der Waals surface area contributed by atoms with Crippen LogP contribution in [0.2, 0.25) is 0 Å². The van der Waals surface area contributed by atoms with E-state index in [0.29, 0.717) is 6.04 Å². The predicted molar refractivity (Wildman–Crippen MR) is 74.4 cm³/mol. The average Bonchev–Trinajstić information content (AvgIpc) is 2.95. The highest BCUT2D eigenvalue weighted by molar-refractivity contribution is 7.09. The third-order valence-corrected chi connectivity index (χ3v) is 3.73. The molecule has 17 heavy (non-hydrogen) atoms.